The highest BCUT2D eigenvalue weighted by molar-refractivity contribution is 5.97. The molecule has 72 valence electrons. The zero-order valence-corrected chi connectivity index (χ0v) is 8.07. The molecule has 1 aromatic heterocycles. The molecule has 0 saturated carbocycles. The molecule has 14 heavy (non-hydrogen) atoms. The molecule has 0 radical (unpaired) electrons. The molecule has 1 aromatic rings. The number of allylic oxidation sites excluding steroid dienone is 2. The molecule has 0 spiro atoms. The third-order valence-electron chi connectivity index (χ3n) is 2.49. The number of carbonyl (C=O) groups excluding carboxylic acids is 1. The molecule has 0 fully saturated rings. The van der Waals surface area contributed by atoms with Gasteiger partial charge in [-0.05, 0) is 42.5 Å². The number of pyridine rings is 1. The minimum absolute atomic E-state index is 0.251. The van der Waals surface area contributed by atoms with Crippen LogP contribution in [0, 0.1) is 0 Å². The molecule has 0 atom stereocenters. The van der Waals surface area contributed by atoms with E-state index in [0.29, 0.717) is 6.42 Å². The van der Waals surface area contributed by atoms with Crippen LogP contribution in [0.15, 0.2) is 30.6 Å². The first-order valence-corrected chi connectivity index (χ1v) is 5.00. The van der Waals surface area contributed by atoms with E-state index in [9.17, 15) is 4.79 Å². The summed E-state index contributed by atoms with van der Waals surface area (Å²) in [6.45, 7) is 0. The fourth-order valence-electron chi connectivity index (χ4n) is 1.73. The predicted molar refractivity (Wildman–Crippen MR) is 55.7 cm³/mol. The number of carbonyl (C=O) groups is 1. The molecule has 2 nitrogen and oxygen atoms in total. The van der Waals surface area contributed by atoms with Crippen LogP contribution in [-0.4, -0.2) is 10.8 Å². The molecule has 0 saturated heterocycles. The van der Waals surface area contributed by atoms with Crippen LogP contribution in [-0.2, 0) is 4.79 Å². The average Bonchev–Trinajstić information content (AvgIpc) is 2.44. The highest BCUT2D eigenvalue weighted by Gasteiger charge is 2.09. The lowest BCUT2D eigenvalue weighted by atomic mass is 10.0. The van der Waals surface area contributed by atoms with Gasteiger partial charge in [0.05, 0.1) is 0 Å². The van der Waals surface area contributed by atoms with Crippen molar-refractivity contribution in [2.24, 2.45) is 0 Å². The molecule has 2 rings (SSSR count). The monoisotopic (exact) mass is 187 g/mol. The van der Waals surface area contributed by atoms with Gasteiger partial charge >= 0.3 is 0 Å². The number of hydrogen-bond acceptors (Lipinski definition) is 2. The normalized spacial score (nSPS) is 17.4. The summed E-state index contributed by atoms with van der Waals surface area (Å²) in [4.78, 5) is 15.4. The van der Waals surface area contributed by atoms with Crippen LogP contribution in [0.2, 0.25) is 0 Å². The van der Waals surface area contributed by atoms with Gasteiger partial charge in [-0.2, -0.15) is 0 Å². The predicted octanol–water partition coefficient (Wildman–Crippen LogP) is 2.61. The van der Waals surface area contributed by atoms with E-state index in [-0.39, 0.29) is 5.78 Å². The van der Waals surface area contributed by atoms with E-state index in [4.69, 9.17) is 0 Å². The summed E-state index contributed by atoms with van der Waals surface area (Å²) < 4.78 is 0. The summed E-state index contributed by atoms with van der Waals surface area (Å²) in [5.74, 6) is 0.251. The van der Waals surface area contributed by atoms with Gasteiger partial charge in [0.2, 0.25) is 0 Å². The quantitative estimate of drug-likeness (QED) is 0.676. The van der Waals surface area contributed by atoms with Crippen molar-refractivity contribution in [2.75, 3.05) is 0 Å². The van der Waals surface area contributed by atoms with Crippen molar-refractivity contribution in [2.45, 2.75) is 25.7 Å². The van der Waals surface area contributed by atoms with Crippen molar-refractivity contribution in [3.05, 3.63) is 36.2 Å². The van der Waals surface area contributed by atoms with Crippen molar-refractivity contribution < 1.29 is 4.79 Å². The lowest BCUT2D eigenvalue weighted by Gasteiger charge is -2.03. The van der Waals surface area contributed by atoms with E-state index >= 15 is 0 Å². The lowest BCUT2D eigenvalue weighted by Crippen LogP contribution is -1.90. The Bertz CT molecular complexity index is 354. The van der Waals surface area contributed by atoms with Crippen molar-refractivity contribution >= 4 is 11.4 Å². The summed E-state index contributed by atoms with van der Waals surface area (Å²) in [7, 11) is 0. The molecule has 2 heteroatoms. The molecular weight excluding hydrogens is 174 g/mol. The zero-order valence-electron chi connectivity index (χ0n) is 8.07. The molecule has 0 N–H and O–H groups in total. The minimum atomic E-state index is 0.251. The highest BCUT2D eigenvalue weighted by atomic mass is 16.1. The molecule has 0 aliphatic heterocycles. The first kappa shape index (κ1) is 9.13. The van der Waals surface area contributed by atoms with Gasteiger partial charge in [-0.25, -0.2) is 0 Å². The van der Waals surface area contributed by atoms with Gasteiger partial charge in [-0.15, -0.1) is 0 Å². The van der Waals surface area contributed by atoms with E-state index in [1.807, 2.05) is 18.3 Å². The van der Waals surface area contributed by atoms with Crippen LogP contribution in [0.4, 0.5) is 0 Å². The average molecular weight is 187 g/mol. The standard InChI is InChI=1S/C12H13NO/c14-12-6-2-1-4-10(8-12)11-5-3-7-13-9-11/h3,5,7-9H,1-2,4,6H2. The molecular formula is C12H13NO. The number of hydrogen-bond donors (Lipinski definition) is 0. The van der Waals surface area contributed by atoms with E-state index < -0.39 is 0 Å². The topological polar surface area (TPSA) is 30.0 Å². The molecule has 0 amide bonds. The Labute approximate surface area is 83.7 Å². The lowest BCUT2D eigenvalue weighted by molar-refractivity contribution is -0.114. The number of aromatic nitrogens is 1. The highest BCUT2D eigenvalue weighted by Crippen LogP contribution is 2.23. The number of nitrogens with zero attached hydrogens (tertiary/aromatic N) is 1. The van der Waals surface area contributed by atoms with E-state index in [2.05, 4.69) is 4.98 Å². The maximum atomic E-state index is 11.4. The van der Waals surface area contributed by atoms with E-state index in [0.717, 1.165) is 30.4 Å². The largest absolute Gasteiger partial charge is 0.295 e. The first-order valence-electron chi connectivity index (χ1n) is 5.00. The second-order valence-electron chi connectivity index (χ2n) is 3.58. The summed E-state index contributed by atoms with van der Waals surface area (Å²) >= 11 is 0. The second kappa shape index (κ2) is 4.18. The second-order valence-corrected chi connectivity index (χ2v) is 3.58. The fraction of sp³-hybridized carbons (Fsp3) is 0.333. The third kappa shape index (κ3) is 2.08. The third-order valence-corrected chi connectivity index (χ3v) is 2.49. The SMILES string of the molecule is O=C1C=C(c2cccnc2)CCCC1. The van der Waals surface area contributed by atoms with Gasteiger partial charge in [0, 0.05) is 18.8 Å². The molecule has 1 heterocycles. The summed E-state index contributed by atoms with van der Waals surface area (Å²) in [5.41, 5.74) is 2.23. The Hall–Kier alpha value is -1.44. The Morgan fingerprint density at radius 1 is 1.21 bits per heavy atom. The number of rotatable bonds is 1. The van der Waals surface area contributed by atoms with Gasteiger partial charge in [0.15, 0.2) is 5.78 Å². The van der Waals surface area contributed by atoms with E-state index in [1.165, 1.54) is 0 Å². The Kier molecular flexibility index (Phi) is 2.73. The van der Waals surface area contributed by atoms with Gasteiger partial charge < -0.3 is 0 Å². The molecule has 1 aliphatic rings. The Balaban J connectivity index is 2.28. The fourth-order valence-corrected chi connectivity index (χ4v) is 1.73. The van der Waals surface area contributed by atoms with E-state index in [1.54, 1.807) is 12.3 Å². The van der Waals surface area contributed by atoms with Crippen LogP contribution < -0.4 is 0 Å². The molecule has 1 aliphatic carbocycles. The van der Waals surface area contributed by atoms with Crippen molar-refractivity contribution in [3.8, 4) is 0 Å². The Morgan fingerprint density at radius 3 is 2.86 bits per heavy atom. The summed E-state index contributed by atoms with van der Waals surface area (Å²) in [6.07, 6.45) is 9.17. The van der Waals surface area contributed by atoms with Crippen molar-refractivity contribution in [3.63, 3.8) is 0 Å². The Morgan fingerprint density at radius 2 is 2.07 bits per heavy atom. The van der Waals surface area contributed by atoms with Gasteiger partial charge in [-0.3, -0.25) is 9.78 Å². The van der Waals surface area contributed by atoms with Crippen LogP contribution >= 0.6 is 0 Å². The molecule has 0 unspecified atom stereocenters. The summed E-state index contributed by atoms with van der Waals surface area (Å²) in [6, 6.07) is 3.92. The first-order chi connectivity index (χ1) is 6.86. The van der Waals surface area contributed by atoms with Crippen LogP contribution in [0.25, 0.3) is 5.57 Å². The maximum Gasteiger partial charge on any atom is 0.155 e. The van der Waals surface area contributed by atoms with Crippen LogP contribution in [0.5, 0.6) is 0 Å². The van der Waals surface area contributed by atoms with Gasteiger partial charge in [0.25, 0.3) is 0 Å². The van der Waals surface area contributed by atoms with Gasteiger partial charge in [0.1, 0.15) is 0 Å². The van der Waals surface area contributed by atoms with Crippen molar-refractivity contribution in [1.82, 2.24) is 4.98 Å². The van der Waals surface area contributed by atoms with Gasteiger partial charge in [-0.1, -0.05) is 6.07 Å². The van der Waals surface area contributed by atoms with Crippen LogP contribution in [0.1, 0.15) is 31.2 Å². The zero-order chi connectivity index (χ0) is 9.80. The number of ketones is 1. The van der Waals surface area contributed by atoms with Crippen LogP contribution in [0.3, 0.4) is 0 Å². The molecule has 0 bridgehead atoms. The molecule has 0 aromatic carbocycles. The summed E-state index contributed by atoms with van der Waals surface area (Å²) in [5, 5.41) is 0. The smallest absolute Gasteiger partial charge is 0.155 e. The minimum Gasteiger partial charge on any atom is -0.295 e. The van der Waals surface area contributed by atoms with Crippen molar-refractivity contribution in [1.29, 1.82) is 0 Å². The maximum absolute atomic E-state index is 11.4.